The third-order valence-electron chi connectivity index (χ3n) is 8.94. The number of fused-ring (bicyclic) bond motifs is 2. The fourth-order valence-electron chi connectivity index (χ4n) is 6.52. The standard InChI is InChI=1S/C33H33Cl2F4N3O2/c1-21(43)42-20-32(27-5-3-4-6-30(27)42)10-13-41(14-11-32)12-9-23(22-7-8-28(34)29(35)17-22)19-40(2)31(44)24-15-25(33(37,38)39)18-26(36)16-24/h3-8,15-18,23H,9-14,19-20H2,1-2H3/t23-/m1/s1. The molecule has 3 aromatic rings. The van der Waals surface area contributed by atoms with Gasteiger partial charge in [0.1, 0.15) is 5.82 Å². The number of anilines is 1. The predicted octanol–water partition coefficient (Wildman–Crippen LogP) is 7.80. The van der Waals surface area contributed by atoms with Crippen molar-refractivity contribution in [3.8, 4) is 0 Å². The molecule has 5 nitrogen and oxygen atoms in total. The number of nitrogens with zero attached hydrogens (tertiary/aromatic N) is 3. The molecule has 3 aromatic carbocycles. The average molecular weight is 651 g/mol. The second-order valence-electron chi connectivity index (χ2n) is 11.8. The van der Waals surface area contributed by atoms with Gasteiger partial charge in [-0.25, -0.2) is 4.39 Å². The lowest BCUT2D eigenvalue weighted by Gasteiger charge is -2.40. The number of rotatable bonds is 7. The summed E-state index contributed by atoms with van der Waals surface area (Å²) in [6.07, 6.45) is -2.36. The maximum atomic E-state index is 14.0. The first-order chi connectivity index (χ1) is 20.8. The Morgan fingerprint density at radius 2 is 1.70 bits per heavy atom. The first kappa shape index (κ1) is 32.3. The van der Waals surface area contributed by atoms with Gasteiger partial charge in [-0.1, -0.05) is 47.5 Å². The quantitative estimate of drug-likeness (QED) is 0.245. The highest BCUT2D eigenvalue weighted by molar-refractivity contribution is 6.42. The lowest BCUT2D eigenvalue weighted by molar-refractivity contribution is -0.137. The summed E-state index contributed by atoms with van der Waals surface area (Å²) in [6, 6.07) is 15.2. The molecule has 5 rings (SSSR count). The van der Waals surface area contributed by atoms with Crippen LogP contribution in [-0.2, 0) is 16.4 Å². The fraction of sp³-hybridized carbons (Fsp3) is 0.394. The summed E-state index contributed by atoms with van der Waals surface area (Å²) in [4.78, 5) is 31.1. The predicted molar refractivity (Wildman–Crippen MR) is 164 cm³/mol. The lowest BCUT2D eigenvalue weighted by Crippen LogP contribution is -2.46. The van der Waals surface area contributed by atoms with Crippen molar-refractivity contribution in [2.75, 3.05) is 44.7 Å². The Bertz CT molecular complexity index is 1560. The van der Waals surface area contributed by atoms with Gasteiger partial charge in [-0.3, -0.25) is 9.59 Å². The van der Waals surface area contributed by atoms with E-state index in [9.17, 15) is 27.2 Å². The SMILES string of the molecule is CC(=O)N1CC2(CCN(CC[C@H](CN(C)C(=O)c3cc(F)cc(C(F)(F)F)c3)c3ccc(Cl)c(Cl)c3)CC2)c2ccccc21. The molecule has 0 saturated carbocycles. The van der Waals surface area contributed by atoms with E-state index in [1.807, 2.05) is 29.2 Å². The molecular formula is C33H33Cl2F4N3O2. The molecule has 11 heteroatoms. The molecular weight excluding hydrogens is 617 g/mol. The number of para-hydroxylation sites is 1. The molecule has 2 aliphatic rings. The van der Waals surface area contributed by atoms with E-state index in [4.69, 9.17) is 23.2 Å². The van der Waals surface area contributed by atoms with E-state index in [1.165, 1.54) is 17.5 Å². The summed E-state index contributed by atoms with van der Waals surface area (Å²) in [5, 5.41) is 0.744. The van der Waals surface area contributed by atoms with Gasteiger partial charge in [0.05, 0.1) is 15.6 Å². The zero-order valence-electron chi connectivity index (χ0n) is 24.4. The molecule has 1 fully saturated rings. The first-order valence-electron chi connectivity index (χ1n) is 14.5. The minimum Gasteiger partial charge on any atom is -0.341 e. The number of likely N-dealkylation sites (N-methyl/N-ethyl adjacent to an activating group) is 1. The average Bonchev–Trinajstić information content (AvgIpc) is 3.30. The first-order valence-corrected chi connectivity index (χ1v) is 15.2. The minimum atomic E-state index is -4.78. The molecule has 2 aliphatic heterocycles. The normalized spacial score (nSPS) is 17.0. The van der Waals surface area contributed by atoms with Crippen molar-refractivity contribution in [1.29, 1.82) is 0 Å². The zero-order valence-corrected chi connectivity index (χ0v) is 25.9. The van der Waals surface area contributed by atoms with Crippen molar-refractivity contribution < 1.29 is 27.2 Å². The second kappa shape index (κ2) is 12.7. The van der Waals surface area contributed by atoms with Crippen molar-refractivity contribution in [3.05, 3.63) is 98.8 Å². The van der Waals surface area contributed by atoms with Gasteiger partial charge in [0.2, 0.25) is 5.91 Å². The number of alkyl halides is 3. The minimum absolute atomic E-state index is 0.0350. The van der Waals surface area contributed by atoms with Gasteiger partial charge in [-0.15, -0.1) is 0 Å². The van der Waals surface area contributed by atoms with Crippen molar-refractivity contribution in [3.63, 3.8) is 0 Å². The highest BCUT2D eigenvalue weighted by Crippen LogP contribution is 2.47. The number of halogens is 6. The van der Waals surface area contributed by atoms with Gasteiger partial charge in [0.25, 0.3) is 5.91 Å². The van der Waals surface area contributed by atoms with Gasteiger partial charge in [-0.05, 0) is 86.4 Å². The Labute approximate surface area is 264 Å². The number of carbonyl (C=O) groups is 2. The molecule has 0 N–H and O–H groups in total. The highest BCUT2D eigenvalue weighted by Gasteiger charge is 2.45. The maximum Gasteiger partial charge on any atom is 0.416 e. The second-order valence-corrected chi connectivity index (χ2v) is 12.6. The Morgan fingerprint density at radius 1 is 1.00 bits per heavy atom. The number of amides is 2. The van der Waals surface area contributed by atoms with Crippen molar-refractivity contribution in [1.82, 2.24) is 9.80 Å². The van der Waals surface area contributed by atoms with E-state index in [0.29, 0.717) is 41.7 Å². The highest BCUT2D eigenvalue weighted by atomic mass is 35.5. The number of piperidine rings is 1. The lowest BCUT2D eigenvalue weighted by atomic mass is 9.74. The molecule has 44 heavy (non-hydrogen) atoms. The molecule has 0 bridgehead atoms. The van der Waals surface area contributed by atoms with Crippen LogP contribution >= 0.6 is 23.2 Å². The molecule has 1 atom stereocenters. The van der Waals surface area contributed by atoms with E-state index in [1.54, 1.807) is 19.1 Å². The topological polar surface area (TPSA) is 43.9 Å². The third kappa shape index (κ3) is 6.75. The van der Waals surface area contributed by atoms with Crippen LogP contribution in [0.2, 0.25) is 10.0 Å². The van der Waals surface area contributed by atoms with Crippen LogP contribution in [0.1, 0.15) is 59.2 Å². The maximum absolute atomic E-state index is 14.0. The van der Waals surface area contributed by atoms with Crippen LogP contribution in [-0.4, -0.2) is 61.4 Å². The molecule has 1 spiro atoms. The van der Waals surface area contributed by atoms with Crippen LogP contribution in [0.5, 0.6) is 0 Å². The van der Waals surface area contributed by atoms with E-state index >= 15 is 0 Å². The zero-order chi connectivity index (χ0) is 31.8. The molecule has 2 heterocycles. The number of likely N-dealkylation sites (tertiary alicyclic amines) is 1. The molecule has 0 radical (unpaired) electrons. The van der Waals surface area contributed by atoms with E-state index in [-0.39, 0.29) is 29.3 Å². The Balaban J connectivity index is 1.29. The summed E-state index contributed by atoms with van der Waals surface area (Å²) in [5.41, 5.74) is 1.37. The van der Waals surface area contributed by atoms with Crippen molar-refractivity contribution >= 4 is 40.7 Å². The molecule has 0 aliphatic carbocycles. The van der Waals surface area contributed by atoms with Crippen LogP contribution in [0.4, 0.5) is 23.2 Å². The number of hydrogen-bond donors (Lipinski definition) is 0. The van der Waals surface area contributed by atoms with Gasteiger partial charge < -0.3 is 14.7 Å². The number of hydrogen-bond acceptors (Lipinski definition) is 3. The van der Waals surface area contributed by atoms with Gasteiger partial charge in [-0.2, -0.15) is 13.2 Å². The molecule has 0 unspecified atom stereocenters. The number of benzene rings is 3. The molecule has 234 valence electrons. The van der Waals surface area contributed by atoms with Gasteiger partial charge in [0.15, 0.2) is 0 Å². The Morgan fingerprint density at radius 3 is 2.36 bits per heavy atom. The van der Waals surface area contributed by atoms with Crippen LogP contribution in [0.3, 0.4) is 0 Å². The summed E-state index contributed by atoms with van der Waals surface area (Å²) in [5.74, 6) is -2.02. The fourth-order valence-corrected chi connectivity index (χ4v) is 6.83. The van der Waals surface area contributed by atoms with Crippen LogP contribution in [0.25, 0.3) is 0 Å². The van der Waals surface area contributed by atoms with E-state index < -0.39 is 23.5 Å². The van der Waals surface area contributed by atoms with Crippen LogP contribution in [0, 0.1) is 5.82 Å². The van der Waals surface area contributed by atoms with Gasteiger partial charge >= 0.3 is 6.18 Å². The van der Waals surface area contributed by atoms with Crippen molar-refractivity contribution in [2.24, 2.45) is 0 Å². The smallest absolute Gasteiger partial charge is 0.341 e. The van der Waals surface area contributed by atoms with E-state index in [2.05, 4.69) is 11.0 Å². The monoisotopic (exact) mass is 649 g/mol. The summed E-state index contributed by atoms with van der Waals surface area (Å²) >= 11 is 12.5. The van der Waals surface area contributed by atoms with Crippen LogP contribution < -0.4 is 4.90 Å². The largest absolute Gasteiger partial charge is 0.416 e. The van der Waals surface area contributed by atoms with E-state index in [0.717, 1.165) is 43.2 Å². The molecule has 1 saturated heterocycles. The summed E-state index contributed by atoms with van der Waals surface area (Å²) in [7, 11) is 1.49. The Hall–Kier alpha value is -3.14. The van der Waals surface area contributed by atoms with Gasteiger partial charge in [0, 0.05) is 49.6 Å². The summed E-state index contributed by atoms with van der Waals surface area (Å²) in [6.45, 7) is 4.80. The molecule has 2 amide bonds. The summed E-state index contributed by atoms with van der Waals surface area (Å²) < 4.78 is 53.9. The molecule has 0 aromatic heterocycles. The third-order valence-corrected chi connectivity index (χ3v) is 9.68. The van der Waals surface area contributed by atoms with Crippen LogP contribution in [0.15, 0.2) is 60.7 Å². The number of carbonyl (C=O) groups excluding carboxylic acids is 2. The Kier molecular flexibility index (Phi) is 9.31. The van der Waals surface area contributed by atoms with Crippen molar-refractivity contribution in [2.45, 2.75) is 43.7 Å².